The molecule has 4 heteroatoms. The fraction of sp³-hybridized carbons (Fsp3) is 0.929. The van der Waals surface area contributed by atoms with Gasteiger partial charge >= 0.3 is 0 Å². The van der Waals surface area contributed by atoms with E-state index >= 15 is 0 Å². The van der Waals surface area contributed by atoms with Crippen molar-refractivity contribution in [2.45, 2.75) is 40.0 Å². The molecule has 0 aromatic rings. The molecule has 106 valence electrons. The molecule has 1 aliphatic rings. The number of hydrogen-bond acceptors (Lipinski definition) is 3. The molecule has 0 saturated carbocycles. The Hall–Kier alpha value is -0.610. The maximum Gasteiger partial charge on any atom is 0.224 e. The maximum atomic E-state index is 12.0. The second-order valence-corrected chi connectivity index (χ2v) is 6.54. The van der Waals surface area contributed by atoms with Crippen LogP contribution in [0.25, 0.3) is 0 Å². The molecular weight excluding hydrogens is 226 g/mol. The fourth-order valence-electron chi connectivity index (χ4n) is 2.51. The monoisotopic (exact) mass is 255 g/mol. The second kappa shape index (κ2) is 7.10. The number of rotatable bonds is 6. The molecule has 0 aliphatic carbocycles. The van der Waals surface area contributed by atoms with Gasteiger partial charge in [-0.1, -0.05) is 20.8 Å². The normalized spacial score (nSPS) is 18.9. The van der Waals surface area contributed by atoms with Crippen molar-refractivity contribution in [3.8, 4) is 0 Å². The number of hydrogen-bond donors (Lipinski definition) is 2. The van der Waals surface area contributed by atoms with Crippen LogP contribution in [0.5, 0.6) is 0 Å². The summed E-state index contributed by atoms with van der Waals surface area (Å²) in [7, 11) is 0. The van der Waals surface area contributed by atoms with Crippen LogP contribution in [0.1, 0.15) is 40.0 Å². The first-order chi connectivity index (χ1) is 8.42. The molecule has 1 aliphatic heterocycles. The van der Waals surface area contributed by atoms with E-state index < -0.39 is 0 Å². The molecule has 4 nitrogen and oxygen atoms in total. The molecule has 1 saturated heterocycles. The van der Waals surface area contributed by atoms with Crippen molar-refractivity contribution in [3.05, 3.63) is 0 Å². The summed E-state index contributed by atoms with van der Waals surface area (Å²) in [5, 5.41) is 3.02. The Labute approximate surface area is 111 Å². The van der Waals surface area contributed by atoms with Gasteiger partial charge in [-0.2, -0.15) is 0 Å². The number of nitrogens with zero attached hydrogens (tertiary/aromatic N) is 1. The Balaban J connectivity index is 2.24. The summed E-state index contributed by atoms with van der Waals surface area (Å²) in [6.07, 6.45) is 3.44. The van der Waals surface area contributed by atoms with Gasteiger partial charge in [0.25, 0.3) is 0 Å². The number of nitrogens with one attached hydrogen (secondary N) is 1. The van der Waals surface area contributed by atoms with Gasteiger partial charge in [0, 0.05) is 19.6 Å². The van der Waals surface area contributed by atoms with Crippen LogP contribution in [0.2, 0.25) is 0 Å². The molecule has 1 fully saturated rings. The highest BCUT2D eigenvalue weighted by Crippen LogP contribution is 2.23. The number of amides is 1. The summed E-state index contributed by atoms with van der Waals surface area (Å²) in [5.74, 6) is 0.0650. The predicted molar refractivity (Wildman–Crippen MR) is 75.3 cm³/mol. The third-order valence-electron chi connectivity index (χ3n) is 3.44. The maximum absolute atomic E-state index is 12.0. The van der Waals surface area contributed by atoms with E-state index in [9.17, 15) is 4.79 Å². The summed E-state index contributed by atoms with van der Waals surface area (Å²) in [4.78, 5) is 14.4. The molecule has 1 rings (SSSR count). The third-order valence-corrected chi connectivity index (χ3v) is 3.44. The molecule has 18 heavy (non-hydrogen) atoms. The van der Waals surface area contributed by atoms with E-state index in [0.717, 1.165) is 19.5 Å². The van der Waals surface area contributed by atoms with Crippen molar-refractivity contribution in [2.24, 2.45) is 17.1 Å². The van der Waals surface area contributed by atoms with Crippen LogP contribution in [0.15, 0.2) is 0 Å². The minimum atomic E-state index is -0.0522. The summed E-state index contributed by atoms with van der Waals surface area (Å²) in [6, 6.07) is 0. The standard InChI is InChI=1S/C14H29N3O/c1-14(2,3)10-12(11-15)13(18)16-6-9-17-7-4-5-8-17/h12H,4-11,15H2,1-3H3,(H,16,18). The first-order valence-electron chi connectivity index (χ1n) is 7.12. The zero-order chi connectivity index (χ0) is 13.6. The second-order valence-electron chi connectivity index (χ2n) is 6.54. The molecule has 1 amide bonds. The largest absolute Gasteiger partial charge is 0.355 e. The van der Waals surface area contributed by atoms with Crippen molar-refractivity contribution in [1.29, 1.82) is 0 Å². The number of carbonyl (C=O) groups is 1. The zero-order valence-corrected chi connectivity index (χ0v) is 12.2. The van der Waals surface area contributed by atoms with Crippen LogP contribution in [0.3, 0.4) is 0 Å². The molecule has 0 spiro atoms. The van der Waals surface area contributed by atoms with E-state index in [4.69, 9.17) is 5.73 Å². The fourth-order valence-corrected chi connectivity index (χ4v) is 2.51. The minimum absolute atomic E-state index is 0.0522. The molecule has 1 unspecified atom stereocenters. The first-order valence-corrected chi connectivity index (χ1v) is 7.12. The van der Waals surface area contributed by atoms with Gasteiger partial charge < -0.3 is 16.0 Å². The smallest absolute Gasteiger partial charge is 0.224 e. The molecule has 0 radical (unpaired) electrons. The lowest BCUT2D eigenvalue weighted by Gasteiger charge is -2.24. The summed E-state index contributed by atoms with van der Waals surface area (Å²) in [5.41, 5.74) is 5.85. The van der Waals surface area contributed by atoms with Crippen molar-refractivity contribution in [3.63, 3.8) is 0 Å². The summed E-state index contributed by atoms with van der Waals surface area (Å²) < 4.78 is 0. The van der Waals surface area contributed by atoms with Crippen LogP contribution >= 0.6 is 0 Å². The van der Waals surface area contributed by atoms with Gasteiger partial charge in [0.05, 0.1) is 5.92 Å². The Morgan fingerprint density at radius 1 is 1.33 bits per heavy atom. The topological polar surface area (TPSA) is 58.4 Å². The van der Waals surface area contributed by atoms with Gasteiger partial charge in [-0.3, -0.25) is 4.79 Å². The average Bonchev–Trinajstić information content (AvgIpc) is 2.77. The van der Waals surface area contributed by atoms with E-state index in [1.165, 1.54) is 25.9 Å². The van der Waals surface area contributed by atoms with Gasteiger partial charge in [0.2, 0.25) is 5.91 Å². The highest BCUT2D eigenvalue weighted by Gasteiger charge is 2.23. The van der Waals surface area contributed by atoms with Crippen LogP contribution in [-0.4, -0.2) is 43.5 Å². The molecule has 0 aromatic carbocycles. The van der Waals surface area contributed by atoms with E-state index in [1.807, 2.05) is 0 Å². The molecule has 0 bridgehead atoms. The van der Waals surface area contributed by atoms with Crippen molar-refractivity contribution >= 4 is 5.91 Å². The lowest BCUT2D eigenvalue weighted by atomic mass is 9.84. The van der Waals surface area contributed by atoms with Gasteiger partial charge in [-0.05, 0) is 37.8 Å². The number of carbonyl (C=O) groups excluding carboxylic acids is 1. The van der Waals surface area contributed by atoms with Gasteiger partial charge in [-0.25, -0.2) is 0 Å². The van der Waals surface area contributed by atoms with Gasteiger partial charge in [0.15, 0.2) is 0 Å². The molecule has 1 atom stereocenters. The van der Waals surface area contributed by atoms with E-state index in [-0.39, 0.29) is 17.2 Å². The van der Waals surface area contributed by atoms with Crippen LogP contribution < -0.4 is 11.1 Å². The van der Waals surface area contributed by atoms with E-state index in [0.29, 0.717) is 6.54 Å². The Kier molecular flexibility index (Phi) is 6.09. The van der Waals surface area contributed by atoms with Gasteiger partial charge in [-0.15, -0.1) is 0 Å². The quantitative estimate of drug-likeness (QED) is 0.750. The summed E-state index contributed by atoms with van der Waals surface area (Å²) in [6.45, 7) is 11.0. The van der Waals surface area contributed by atoms with Crippen molar-refractivity contribution < 1.29 is 4.79 Å². The average molecular weight is 255 g/mol. The molecule has 0 aromatic heterocycles. The third kappa shape index (κ3) is 5.83. The highest BCUT2D eigenvalue weighted by molar-refractivity contribution is 5.78. The number of nitrogens with two attached hydrogens (primary N) is 1. The minimum Gasteiger partial charge on any atom is -0.355 e. The lowest BCUT2D eigenvalue weighted by molar-refractivity contribution is -0.125. The Bertz CT molecular complexity index is 254. The van der Waals surface area contributed by atoms with Crippen molar-refractivity contribution in [1.82, 2.24) is 10.2 Å². The molecular formula is C14H29N3O. The van der Waals surface area contributed by atoms with Gasteiger partial charge in [0.1, 0.15) is 0 Å². The summed E-state index contributed by atoms with van der Waals surface area (Å²) >= 11 is 0. The van der Waals surface area contributed by atoms with Crippen LogP contribution in [0, 0.1) is 11.3 Å². The van der Waals surface area contributed by atoms with Crippen LogP contribution in [0.4, 0.5) is 0 Å². The first kappa shape index (κ1) is 15.4. The zero-order valence-electron chi connectivity index (χ0n) is 12.2. The van der Waals surface area contributed by atoms with Crippen LogP contribution in [-0.2, 0) is 4.79 Å². The Morgan fingerprint density at radius 3 is 2.44 bits per heavy atom. The lowest BCUT2D eigenvalue weighted by Crippen LogP contribution is -2.40. The van der Waals surface area contributed by atoms with Crippen molar-refractivity contribution in [2.75, 3.05) is 32.7 Å². The SMILES string of the molecule is CC(C)(C)CC(CN)C(=O)NCCN1CCCC1. The Morgan fingerprint density at radius 2 is 1.94 bits per heavy atom. The molecule has 1 heterocycles. The van der Waals surface area contributed by atoms with E-state index in [2.05, 4.69) is 31.0 Å². The molecule has 3 N–H and O–H groups in total. The number of likely N-dealkylation sites (tertiary alicyclic amines) is 1. The highest BCUT2D eigenvalue weighted by atomic mass is 16.1. The predicted octanol–water partition coefficient (Wildman–Crippen LogP) is 1.21. The van der Waals surface area contributed by atoms with E-state index in [1.54, 1.807) is 0 Å².